The Hall–Kier alpha value is -3.17. The zero-order valence-electron chi connectivity index (χ0n) is 16.9. The van der Waals surface area contributed by atoms with Gasteiger partial charge >= 0.3 is 0 Å². The summed E-state index contributed by atoms with van der Waals surface area (Å²) in [6, 6.07) is 19.2. The summed E-state index contributed by atoms with van der Waals surface area (Å²) < 4.78 is 11.4. The van der Waals surface area contributed by atoms with Gasteiger partial charge in [-0.1, -0.05) is 71.2 Å². The van der Waals surface area contributed by atoms with E-state index < -0.39 is 5.91 Å². The lowest BCUT2D eigenvalue weighted by atomic mass is 10.1. The Balaban J connectivity index is 1.91. The number of benzene rings is 3. The number of methoxy groups -OCH3 is 1. The summed E-state index contributed by atoms with van der Waals surface area (Å²) in [4.78, 5) is 12.7. The Labute approximate surface area is 200 Å². The molecule has 5 nitrogen and oxygen atoms in total. The molecule has 0 saturated carbocycles. The molecule has 3 aromatic carbocycles. The standard InChI is InChI=1S/C24H17Cl3N2O3/c1-31-21-11-4-7-15(23(21)32-14-16-6-2-3-8-18(16)25)12-17(13-28)24(30)29-20-10-5-9-19(26)22(20)27/h2-12H,14H2,1H3,(H,29,30)/b17-12+. The van der Waals surface area contributed by atoms with Crippen LogP contribution in [0.3, 0.4) is 0 Å². The average Bonchev–Trinajstić information content (AvgIpc) is 2.80. The van der Waals surface area contributed by atoms with Crippen LogP contribution < -0.4 is 14.8 Å². The number of para-hydroxylation sites is 1. The van der Waals surface area contributed by atoms with E-state index >= 15 is 0 Å². The summed E-state index contributed by atoms with van der Waals surface area (Å²) >= 11 is 18.3. The molecule has 32 heavy (non-hydrogen) atoms. The van der Waals surface area contributed by atoms with Gasteiger partial charge in [-0.05, 0) is 30.3 Å². The Kier molecular flexibility index (Phi) is 8.02. The fourth-order valence-electron chi connectivity index (χ4n) is 2.82. The fraction of sp³-hybridized carbons (Fsp3) is 0.0833. The molecule has 0 spiro atoms. The van der Waals surface area contributed by atoms with Gasteiger partial charge in [0.15, 0.2) is 11.5 Å². The number of nitriles is 1. The lowest BCUT2D eigenvalue weighted by Gasteiger charge is -2.14. The van der Waals surface area contributed by atoms with Gasteiger partial charge in [-0.15, -0.1) is 0 Å². The summed E-state index contributed by atoms with van der Waals surface area (Å²) in [6.07, 6.45) is 1.41. The van der Waals surface area contributed by atoms with Crippen LogP contribution in [0.4, 0.5) is 5.69 Å². The first kappa shape index (κ1) is 23.5. The van der Waals surface area contributed by atoms with E-state index in [-0.39, 0.29) is 22.2 Å². The Morgan fingerprint density at radius 2 is 1.75 bits per heavy atom. The van der Waals surface area contributed by atoms with Crippen molar-refractivity contribution in [3.63, 3.8) is 0 Å². The van der Waals surface area contributed by atoms with Gasteiger partial charge in [-0.25, -0.2) is 0 Å². The van der Waals surface area contributed by atoms with Gasteiger partial charge in [0.2, 0.25) is 0 Å². The molecule has 0 atom stereocenters. The first-order valence-corrected chi connectivity index (χ1v) is 10.5. The van der Waals surface area contributed by atoms with Crippen LogP contribution >= 0.6 is 34.8 Å². The van der Waals surface area contributed by atoms with E-state index in [4.69, 9.17) is 44.3 Å². The summed E-state index contributed by atoms with van der Waals surface area (Å²) in [7, 11) is 1.50. The van der Waals surface area contributed by atoms with Gasteiger partial charge in [-0.2, -0.15) is 5.26 Å². The molecule has 1 N–H and O–H groups in total. The minimum atomic E-state index is -0.642. The first-order valence-electron chi connectivity index (χ1n) is 9.35. The van der Waals surface area contributed by atoms with Crippen LogP contribution in [-0.4, -0.2) is 13.0 Å². The number of ether oxygens (including phenoxy) is 2. The molecule has 8 heteroatoms. The molecule has 0 bridgehead atoms. The Morgan fingerprint density at radius 3 is 2.47 bits per heavy atom. The molecule has 0 fully saturated rings. The second-order valence-corrected chi connectivity index (χ2v) is 7.68. The molecule has 0 aliphatic heterocycles. The molecule has 3 aromatic rings. The van der Waals surface area contributed by atoms with Crippen LogP contribution in [0, 0.1) is 11.3 Å². The van der Waals surface area contributed by atoms with Crippen LogP contribution in [0.15, 0.2) is 66.2 Å². The van der Waals surface area contributed by atoms with Crippen LogP contribution in [0.2, 0.25) is 15.1 Å². The van der Waals surface area contributed by atoms with Crippen LogP contribution in [0.5, 0.6) is 11.5 Å². The second kappa shape index (κ2) is 10.9. The maximum Gasteiger partial charge on any atom is 0.266 e. The normalized spacial score (nSPS) is 10.9. The van der Waals surface area contributed by atoms with Gasteiger partial charge in [-0.3, -0.25) is 4.79 Å². The maximum atomic E-state index is 12.7. The second-order valence-electron chi connectivity index (χ2n) is 6.48. The summed E-state index contributed by atoms with van der Waals surface area (Å²) in [5.41, 5.74) is 1.41. The number of anilines is 1. The maximum absolute atomic E-state index is 12.7. The highest BCUT2D eigenvalue weighted by Crippen LogP contribution is 2.34. The third-order valence-electron chi connectivity index (χ3n) is 4.42. The topological polar surface area (TPSA) is 71.3 Å². The molecule has 0 radical (unpaired) electrons. The van der Waals surface area contributed by atoms with Crippen molar-refractivity contribution in [1.82, 2.24) is 0 Å². The van der Waals surface area contributed by atoms with Gasteiger partial charge in [0.1, 0.15) is 18.2 Å². The monoisotopic (exact) mass is 486 g/mol. The van der Waals surface area contributed by atoms with Crippen molar-refractivity contribution in [3.8, 4) is 17.6 Å². The smallest absolute Gasteiger partial charge is 0.266 e. The number of hydrogen-bond donors (Lipinski definition) is 1. The SMILES string of the molecule is COc1cccc(/C=C(\C#N)C(=O)Nc2cccc(Cl)c2Cl)c1OCc1ccccc1Cl. The largest absolute Gasteiger partial charge is 0.493 e. The van der Waals surface area contributed by atoms with Crippen molar-refractivity contribution in [2.45, 2.75) is 6.61 Å². The molecule has 0 saturated heterocycles. The number of nitrogens with one attached hydrogen (secondary N) is 1. The predicted octanol–water partition coefficient (Wildman–Crippen LogP) is 6.78. The predicted molar refractivity (Wildman–Crippen MR) is 127 cm³/mol. The number of hydrogen-bond acceptors (Lipinski definition) is 4. The Morgan fingerprint density at radius 1 is 1.03 bits per heavy atom. The zero-order valence-corrected chi connectivity index (χ0v) is 19.1. The van der Waals surface area contributed by atoms with Gasteiger partial charge in [0, 0.05) is 16.1 Å². The minimum absolute atomic E-state index is 0.156. The molecular weight excluding hydrogens is 471 g/mol. The molecule has 0 aromatic heterocycles. The lowest BCUT2D eigenvalue weighted by Crippen LogP contribution is -2.14. The highest BCUT2D eigenvalue weighted by molar-refractivity contribution is 6.44. The van der Waals surface area contributed by atoms with E-state index in [1.807, 2.05) is 24.3 Å². The summed E-state index contributed by atoms with van der Waals surface area (Å²) in [5.74, 6) is 0.175. The van der Waals surface area contributed by atoms with Crippen LogP contribution in [0.1, 0.15) is 11.1 Å². The van der Waals surface area contributed by atoms with Gasteiger partial charge in [0.05, 0.1) is 22.8 Å². The van der Waals surface area contributed by atoms with Crippen molar-refractivity contribution < 1.29 is 14.3 Å². The van der Waals surface area contributed by atoms with E-state index in [2.05, 4.69) is 5.32 Å². The molecule has 0 aliphatic carbocycles. The molecular formula is C24H17Cl3N2O3. The molecule has 3 rings (SSSR count). The van der Waals surface area contributed by atoms with E-state index in [1.54, 1.807) is 42.5 Å². The number of carbonyl (C=O) groups excluding carboxylic acids is 1. The van der Waals surface area contributed by atoms with Crippen LogP contribution in [-0.2, 0) is 11.4 Å². The Bertz CT molecular complexity index is 1220. The molecule has 0 unspecified atom stereocenters. The van der Waals surface area contributed by atoms with Gasteiger partial charge in [0.25, 0.3) is 5.91 Å². The molecule has 0 aliphatic rings. The average molecular weight is 488 g/mol. The third kappa shape index (κ3) is 5.54. The fourth-order valence-corrected chi connectivity index (χ4v) is 3.36. The van der Waals surface area contributed by atoms with Crippen molar-refractivity contribution >= 4 is 52.5 Å². The number of carbonyl (C=O) groups is 1. The van der Waals surface area contributed by atoms with Crippen molar-refractivity contribution in [2.75, 3.05) is 12.4 Å². The van der Waals surface area contributed by atoms with E-state index in [0.29, 0.717) is 27.8 Å². The van der Waals surface area contributed by atoms with E-state index in [1.165, 1.54) is 13.2 Å². The highest BCUT2D eigenvalue weighted by atomic mass is 35.5. The third-order valence-corrected chi connectivity index (χ3v) is 5.61. The van der Waals surface area contributed by atoms with Crippen LogP contribution in [0.25, 0.3) is 6.08 Å². The minimum Gasteiger partial charge on any atom is -0.493 e. The summed E-state index contributed by atoms with van der Waals surface area (Å²) in [5, 5.41) is 13.2. The van der Waals surface area contributed by atoms with E-state index in [9.17, 15) is 10.1 Å². The van der Waals surface area contributed by atoms with Gasteiger partial charge < -0.3 is 14.8 Å². The summed E-state index contributed by atoms with van der Waals surface area (Å²) in [6.45, 7) is 0.174. The number of rotatable bonds is 7. The number of halogens is 3. The highest BCUT2D eigenvalue weighted by Gasteiger charge is 2.16. The van der Waals surface area contributed by atoms with Crippen molar-refractivity contribution in [1.29, 1.82) is 5.26 Å². The van der Waals surface area contributed by atoms with E-state index in [0.717, 1.165) is 5.56 Å². The number of amides is 1. The first-order chi connectivity index (χ1) is 15.4. The number of nitrogens with zero attached hydrogens (tertiary/aromatic N) is 1. The lowest BCUT2D eigenvalue weighted by molar-refractivity contribution is -0.112. The van der Waals surface area contributed by atoms with Crippen molar-refractivity contribution in [3.05, 3.63) is 92.4 Å². The molecule has 0 heterocycles. The zero-order chi connectivity index (χ0) is 23.1. The molecule has 1 amide bonds. The van der Waals surface area contributed by atoms with Crippen molar-refractivity contribution in [2.24, 2.45) is 0 Å². The molecule has 162 valence electrons. The quantitative estimate of drug-likeness (QED) is 0.294.